The van der Waals surface area contributed by atoms with E-state index in [-0.39, 0.29) is 5.91 Å². The van der Waals surface area contributed by atoms with Gasteiger partial charge < -0.3 is 10.2 Å². The highest BCUT2D eigenvalue weighted by Gasteiger charge is 2.22. The largest absolute Gasteiger partial charge is 0.368 e. The molecule has 3 heteroatoms. The fraction of sp³-hybridized carbons (Fsp3) is 0.316. The smallest absolute Gasteiger partial charge is 0.226 e. The van der Waals surface area contributed by atoms with Gasteiger partial charge in [-0.25, -0.2) is 0 Å². The molecule has 0 saturated heterocycles. The first-order valence-electron chi connectivity index (χ1n) is 7.93. The molecule has 2 aromatic rings. The summed E-state index contributed by atoms with van der Waals surface area (Å²) in [7, 11) is 0. The molecular weight excluding hydrogens is 272 g/mol. The van der Waals surface area contributed by atoms with Crippen molar-refractivity contribution < 1.29 is 4.79 Å². The number of anilines is 2. The van der Waals surface area contributed by atoms with Crippen molar-refractivity contribution in [2.24, 2.45) is 0 Å². The number of hydrogen-bond donors (Lipinski definition) is 1. The highest BCUT2D eigenvalue weighted by molar-refractivity contribution is 5.91. The maximum atomic E-state index is 12.1. The number of para-hydroxylation sites is 2. The third kappa shape index (κ3) is 3.30. The van der Waals surface area contributed by atoms with Gasteiger partial charge in [-0.3, -0.25) is 4.79 Å². The summed E-state index contributed by atoms with van der Waals surface area (Å²) in [6, 6.07) is 18.6. The summed E-state index contributed by atoms with van der Waals surface area (Å²) < 4.78 is 0. The molecule has 0 saturated carbocycles. The standard InChI is InChI=1S/C19H22N2O/c1-15-11-12-16-7-5-6-10-18(16)21(15)14-13-19(22)20-17-8-3-2-4-9-17/h2-10,15H,11-14H2,1H3,(H,20,22). The first-order valence-corrected chi connectivity index (χ1v) is 7.93. The normalized spacial score (nSPS) is 17.0. The number of nitrogens with one attached hydrogen (secondary N) is 1. The Hall–Kier alpha value is -2.29. The lowest BCUT2D eigenvalue weighted by Crippen LogP contribution is -2.39. The molecule has 3 rings (SSSR count). The van der Waals surface area contributed by atoms with E-state index in [2.05, 4.69) is 41.4 Å². The summed E-state index contributed by atoms with van der Waals surface area (Å²) in [5, 5.41) is 2.95. The lowest BCUT2D eigenvalue weighted by atomic mass is 9.96. The molecule has 1 aliphatic rings. The van der Waals surface area contributed by atoms with Crippen LogP contribution in [0.25, 0.3) is 0 Å². The lowest BCUT2D eigenvalue weighted by molar-refractivity contribution is -0.116. The molecule has 1 heterocycles. The van der Waals surface area contributed by atoms with E-state index < -0.39 is 0 Å². The van der Waals surface area contributed by atoms with Gasteiger partial charge in [0.1, 0.15) is 0 Å². The van der Waals surface area contributed by atoms with Crippen molar-refractivity contribution in [1.82, 2.24) is 0 Å². The van der Waals surface area contributed by atoms with Crippen LogP contribution in [0.4, 0.5) is 11.4 Å². The number of amides is 1. The molecule has 3 nitrogen and oxygen atoms in total. The Morgan fingerprint density at radius 1 is 1.14 bits per heavy atom. The van der Waals surface area contributed by atoms with E-state index in [1.165, 1.54) is 11.3 Å². The molecule has 1 aliphatic heterocycles. The molecule has 1 atom stereocenters. The number of carbonyl (C=O) groups is 1. The number of hydrogen-bond acceptors (Lipinski definition) is 2. The van der Waals surface area contributed by atoms with Crippen molar-refractivity contribution in [1.29, 1.82) is 0 Å². The molecule has 0 aromatic heterocycles. The molecule has 1 unspecified atom stereocenters. The maximum absolute atomic E-state index is 12.1. The zero-order chi connectivity index (χ0) is 15.4. The van der Waals surface area contributed by atoms with Gasteiger partial charge in [0.15, 0.2) is 0 Å². The second kappa shape index (κ2) is 6.65. The van der Waals surface area contributed by atoms with E-state index in [0.29, 0.717) is 12.5 Å². The van der Waals surface area contributed by atoms with Crippen LogP contribution in [0.2, 0.25) is 0 Å². The van der Waals surface area contributed by atoms with Crippen LogP contribution in [0.3, 0.4) is 0 Å². The second-order valence-electron chi connectivity index (χ2n) is 5.87. The summed E-state index contributed by atoms with van der Waals surface area (Å²) >= 11 is 0. The second-order valence-corrected chi connectivity index (χ2v) is 5.87. The molecule has 0 radical (unpaired) electrons. The maximum Gasteiger partial charge on any atom is 0.226 e. The van der Waals surface area contributed by atoms with Gasteiger partial charge in [-0.05, 0) is 43.5 Å². The fourth-order valence-corrected chi connectivity index (χ4v) is 3.07. The number of fused-ring (bicyclic) bond motifs is 1. The van der Waals surface area contributed by atoms with Crippen molar-refractivity contribution >= 4 is 17.3 Å². The predicted octanol–water partition coefficient (Wildman–Crippen LogP) is 3.86. The van der Waals surface area contributed by atoms with Gasteiger partial charge in [0.25, 0.3) is 0 Å². The Bertz CT molecular complexity index is 639. The summed E-state index contributed by atoms with van der Waals surface area (Å²) in [4.78, 5) is 14.5. The third-order valence-corrected chi connectivity index (χ3v) is 4.30. The number of nitrogens with zero attached hydrogens (tertiary/aromatic N) is 1. The van der Waals surface area contributed by atoms with E-state index in [0.717, 1.165) is 25.1 Å². The highest BCUT2D eigenvalue weighted by atomic mass is 16.1. The number of aryl methyl sites for hydroxylation is 1. The first-order chi connectivity index (χ1) is 10.7. The Morgan fingerprint density at radius 3 is 2.68 bits per heavy atom. The van der Waals surface area contributed by atoms with E-state index in [1.54, 1.807) is 0 Å². The molecule has 22 heavy (non-hydrogen) atoms. The van der Waals surface area contributed by atoms with Crippen LogP contribution in [0, 0.1) is 0 Å². The monoisotopic (exact) mass is 294 g/mol. The molecule has 0 bridgehead atoms. The van der Waals surface area contributed by atoms with Gasteiger partial charge in [-0.2, -0.15) is 0 Å². The van der Waals surface area contributed by atoms with Gasteiger partial charge in [-0.1, -0.05) is 36.4 Å². The first kappa shape index (κ1) is 14.6. The average molecular weight is 294 g/mol. The summed E-state index contributed by atoms with van der Waals surface area (Å²) in [5.41, 5.74) is 3.54. The zero-order valence-corrected chi connectivity index (χ0v) is 13.0. The van der Waals surface area contributed by atoms with Crippen molar-refractivity contribution in [3.63, 3.8) is 0 Å². The van der Waals surface area contributed by atoms with Crippen LogP contribution < -0.4 is 10.2 Å². The van der Waals surface area contributed by atoms with Crippen LogP contribution in [-0.4, -0.2) is 18.5 Å². The van der Waals surface area contributed by atoms with Crippen LogP contribution in [0.15, 0.2) is 54.6 Å². The molecule has 0 aliphatic carbocycles. The van der Waals surface area contributed by atoms with E-state index in [9.17, 15) is 4.79 Å². The molecule has 0 spiro atoms. The Morgan fingerprint density at radius 2 is 1.86 bits per heavy atom. The molecular formula is C19H22N2O. The lowest BCUT2D eigenvalue weighted by Gasteiger charge is -2.37. The molecule has 114 valence electrons. The van der Waals surface area contributed by atoms with Crippen molar-refractivity contribution in [2.75, 3.05) is 16.8 Å². The highest BCUT2D eigenvalue weighted by Crippen LogP contribution is 2.30. The molecule has 2 aromatic carbocycles. The summed E-state index contributed by atoms with van der Waals surface area (Å²) in [6.45, 7) is 3.00. The topological polar surface area (TPSA) is 32.3 Å². The fourth-order valence-electron chi connectivity index (χ4n) is 3.07. The van der Waals surface area contributed by atoms with Gasteiger partial charge in [-0.15, -0.1) is 0 Å². The predicted molar refractivity (Wildman–Crippen MR) is 91.3 cm³/mol. The van der Waals surface area contributed by atoms with Crippen molar-refractivity contribution in [3.05, 3.63) is 60.2 Å². The summed E-state index contributed by atoms with van der Waals surface area (Å²) in [5.74, 6) is 0.0708. The summed E-state index contributed by atoms with van der Waals surface area (Å²) in [6.07, 6.45) is 2.79. The Labute approximate surface area is 132 Å². The van der Waals surface area contributed by atoms with Crippen LogP contribution in [0.1, 0.15) is 25.3 Å². The SMILES string of the molecule is CC1CCc2ccccc2N1CCC(=O)Nc1ccccc1. The van der Waals surface area contributed by atoms with E-state index in [4.69, 9.17) is 0 Å². The Balaban J connectivity index is 1.62. The molecule has 1 N–H and O–H groups in total. The van der Waals surface area contributed by atoms with Crippen molar-refractivity contribution in [2.45, 2.75) is 32.2 Å². The average Bonchev–Trinajstić information content (AvgIpc) is 2.55. The van der Waals surface area contributed by atoms with Crippen LogP contribution >= 0.6 is 0 Å². The van der Waals surface area contributed by atoms with Gasteiger partial charge in [0.05, 0.1) is 0 Å². The minimum absolute atomic E-state index is 0.0708. The quantitative estimate of drug-likeness (QED) is 0.928. The van der Waals surface area contributed by atoms with Gasteiger partial charge >= 0.3 is 0 Å². The zero-order valence-electron chi connectivity index (χ0n) is 13.0. The van der Waals surface area contributed by atoms with E-state index >= 15 is 0 Å². The molecule has 1 amide bonds. The Kier molecular flexibility index (Phi) is 4.42. The molecule has 0 fully saturated rings. The minimum Gasteiger partial charge on any atom is -0.368 e. The van der Waals surface area contributed by atoms with Gasteiger partial charge in [0, 0.05) is 30.4 Å². The van der Waals surface area contributed by atoms with Crippen LogP contribution in [-0.2, 0) is 11.2 Å². The number of rotatable bonds is 4. The third-order valence-electron chi connectivity index (χ3n) is 4.30. The van der Waals surface area contributed by atoms with E-state index in [1.807, 2.05) is 30.3 Å². The van der Waals surface area contributed by atoms with Crippen molar-refractivity contribution in [3.8, 4) is 0 Å². The number of carbonyl (C=O) groups excluding carboxylic acids is 1. The number of benzene rings is 2. The minimum atomic E-state index is 0.0708. The van der Waals surface area contributed by atoms with Gasteiger partial charge in [0.2, 0.25) is 5.91 Å². The van der Waals surface area contributed by atoms with Crippen LogP contribution in [0.5, 0.6) is 0 Å².